The van der Waals surface area contributed by atoms with Gasteiger partial charge in [-0.15, -0.1) is 0 Å². The van der Waals surface area contributed by atoms with Crippen molar-refractivity contribution in [3.63, 3.8) is 0 Å². The molecule has 1 aromatic rings. The quantitative estimate of drug-likeness (QED) is 0.804. The Hall–Kier alpha value is -1.44. The summed E-state index contributed by atoms with van der Waals surface area (Å²) in [5.74, 6) is 0.570. The van der Waals surface area contributed by atoms with Crippen LogP contribution in [0.15, 0.2) is 24.3 Å². The minimum Gasteiger partial charge on any atom is -0.342 e. The third kappa shape index (κ3) is 4.45. The van der Waals surface area contributed by atoms with Crippen LogP contribution < -0.4 is 0 Å². The summed E-state index contributed by atoms with van der Waals surface area (Å²) in [6.45, 7) is 6.91. The normalized spacial score (nSPS) is 22.5. The van der Waals surface area contributed by atoms with Gasteiger partial charge in [-0.3, -0.25) is 4.79 Å². The van der Waals surface area contributed by atoms with Crippen molar-refractivity contribution in [3.05, 3.63) is 35.4 Å². The summed E-state index contributed by atoms with van der Waals surface area (Å²) in [5, 5.41) is 0. The molecular weight excluding hydrogens is 350 g/mol. The number of hydrogen-bond acceptors (Lipinski definition) is 3. The van der Waals surface area contributed by atoms with Gasteiger partial charge in [0.05, 0.1) is 6.54 Å². The lowest BCUT2D eigenvalue weighted by molar-refractivity contribution is -0.132. The topological polar surface area (TPSA) is 60.9 Å². The largest absolute Gasteiger partial charge is 0.342 e. The van der Waals surface area contributed by atoms with Gasteiger partial charge < -0.3 is 4.90 Å². The Morgan fingerprint density at radius 1 is 1.12 bits per heavy atom. The number of piperidine rings is 1. The van der Waals surface area contributed by atoms with E-state index < -0.39 is 10.2 Å². The Morgan fingerprint density at radius 2 is 1.81 bits per heavy atom. The van der Waals surface area contributed by atoms with Crippen molar-refractivity contribution in [3.8, 4) is 0 Å². The Morgan fingerprint density at radius 3 is 2.50 bits per heavy atom. The fourth-order valence-corrected chi connectivity index (χ4v) is 5.29. The fraction of sp³-hybridized carbons (Fsp3) is 0.632. The van der Waals surface area contributed by atoms with Gasteiger partial charge in [-0.2, -0.15) is 17.0 Å². The Balaban J connectivity index is 1.65. The van der Waals surface area contributed by atoms with Crippen LogP contribution in [-0.2, 0) is 21.5 Å². The Labute approximate surface area is 157 Å². The average molecular weight is 380 g/mol. The lowest BCUT2D eigenvalue weighted by Crippen LogP contribution is -2.53. The first-order chi connectivity index (χ1) is 12.4. The first-order valence-corrected chi connectivity index (χ1v) is 10.8. The van der Waals surface area contributed by atoms with E-state index in [2.05, 4.69) is 6.92 Å². The Bertz CT molecular complexity index is 742. The first kappa shape index (κ1) is 19.3. The zero-order valence-electron chi connectivity index (χ0n) is 15.7. The van der Waals surface area contributed by atoms with E-state index in [0.29, 0.717) is 25.6 Å². The molecule has 0 N–H and O–H groups in total. The maximum atomic E-state index is 13.0. The molecule has 0 bridgehead atoms. The number of nitrogens with zero attached hydrogens (tertiary/aromatic N) is 3. The lowest BCUT2D eigenvalue weighted by atomic mass is 9.99. The second-order valence-electron chi connectivity index (χ2n) is 7.58. The van der Waals surface area contributed by atoms with Crippen molar-refractivity contribution in [1.29, 1.82) is 0 Å². The minimum atomic E-state index is -3.60. The van der Waals surface area contributed by atoms with Crippen LogP contribution in [0.2, 0.25) is 0 Å². The highest BCUT2D eigenvalue weighted by Crippen LogP contribution is 2.21. The average Bonchev–Trinajstić information content (AvgIpc) is 2.59. The zero-order valence-corrected chi connectivity index (χ0v) is 16.5. The van der Waals surface area contributed by atoms with E-state index in [4.69, 9.17) is 0 Å². The van der Waals surface area contributed by atoms with Crippen LogP contribution in [-0.4, -0.2) is 60.6 Å². The van der Waals surface area contributed by atoms with Gasteiger partial charge in [0.2, 0.25) is 5.91 Å². The van der Waals surface area contributed by atoms with Gasteiger partial charge in [0, 0.05) is 32.7 Å². The molecule has 0 unspecified atom stereocenters. The van der Waals surface area contributed by atoms with E-state index in [1.54, 1.807) is 0 Å². The monoisotopic (exact) mass is 379 g/mol. The van der Waals surface area contributed by atoms with Gasteiger partial charge in [0.25, 0.3) is 10.2 Å². The standard InChI is InChI=1S/C19H29N3O3S/c1-16-7-11-20(12-8-16)19(23)15-22-10-4-9-21(26(22,24)25)14-18-6-3-5-17(2)13-18/h3,5-6,13,16H,4,7-12,14-15H2,1-2H3. The summed E-state index contributed by atoms with van der Waals surface area (Å²) in [6, 6.07) is 7.90. The van der Waals surface area contributed by atoms with Crippen LogP contribution in [0.5, 0.6) is 0 Å². The number of carbonyl (C=O) groups excluding carboxylic acids is 1. The SMILES string of the molecule is Cc1cccc(CN2CCCN(CC(=O)N3CCC(C)CC3)S2(=O)=O)c1. The molecule has 7 heteroatoms. The number of amides is 1. The predicted molar refractivity (Wildman–Crippen MR) is 102 cm³/mol. The smallest absolute Gasteiger partial charge is 0.282 e. The molecule has 1 aromatic carbocycles. The molecule has 0 aliphatic carbocycles. The molecule has 6 nitrogen and oxygen atoms in total. The van der Waals surface area contributed by atoms with Crippen LogP contribution in [0.25, 0.3) is 0 Å². The summed E-state index contributed by atoms with van der Waals surface area (Å²) in [6.07, 6.45) is 2.74. The van der Waals surface area contributed by atoms with Crippen molar-refractivity contribution >= 4 is 16.1 Å². The third-order valence-electron chi connectivity index (χ3n) is 5.36. The molecule has 2 aliphatic heterocycles. The lowest BCUT2D eigenvalue weighted by Gasteiger charge is -2.36. The first-order valence-electron chi connectivity index (χ1n) is 9.45. The summed E-state index contributed by atoms with van der Waals surface area (Å²) in [4.78, 5) is 14.4. The Kier molecular flexibility index (Phi) is 5.99. The molecule has 0 aromatic heterocycles. The number of likely N-dealkylation sites (tertiary alicyclic amines) is 1. The van der Waals surface area contributed by atoms with Crippen LogP contribution in [0.4, 0.5) is 0 Å². The van der Waals surface area contributed by atoms with Gasteiger partial charge >= 0.3 is 0 Å². The highest BCUT2D eigenvalue weighted by atomic mass is 32.2. The summed E-state index contributed by atoms with van der Waals surface area (Å²) >= 11 is 0. The minimum absolute atomic E-state index is 0.0406. The molecule has 0 radical (unpaired) electrons. The number of carbonyl (C=O) groups is 1. The van der Waals surface area contributed by atoms with Crippen LogP contribution in [0.3, 0.4) is 0 Å². The maximum absolute atomic E-state index is 13.0. The molecule has 2 fully saturated rings. The molecule has 26 heavy (non-hydrogen) atoms. The number of rotatable bonds is 4. The van der Waals surface area contributed by atoms with Gasteiger partial charge in [-0.1, -0.05) is 36.8 Å². The summed E-state index contributed by atoms with van der Waals surface area (Å²) in [5.41, 5.74) is 2.09. The molecule has 3 rings (SSSR count). The summed E-state index contributed by atoms with van der Waals surface area (Å²) < 4.78 is 28.8. The van der Waals surface area contributed by atoms with Gasteiger partial charge in [-0.05, 0) is 37.7 Å². The highest BCUT2D eigenvalue weighted by molar-refractivity contribution is 7.86. The van der Waals surface area contributed by atoms with Crippen molar-refractivity contribution in [2.24, 2.45) is 5.92 Å². The second kappa shape index (κ2) is 8.06. The molecule has 0 spiro atoms. The van der Waals surface area contributed by atoms with E-state index in [9.17, 15) is 13.2 Å². The molecular formula is C19H29N3O3S. The molecule has 0 atom stereocenters. The van der Waals surface area contributed by atoms with Crippen LogP contribution in [0, 0.1) is 12.8 Å². The van der Waals surface area contributed by atoms with E-state index >= 15 is 0 Å². The van der Waals surface area contributed by atoms with E-state index in [-0.39, 0.29) is 12.5 Å². The molecule has 144 valence electrons. The highest BCUT2D eigenvalue weighted by Gasteiger charge is 2.35. The van der Waals surface area contributed by atoms with Crippen LogP contribution in [0.1, 0.15) is 37.3 Å². The van der Waals surface area contributed by atoms with Gasteiger partial charge in [0.1, 0.15) is 0 Å². The number of hydrogen-bond donors (Lipinski definition) is 0. The van der Waals surface area contributed by atoms with E-state index in [0.717, 1.165) is 43.5 Å². The second-order valence-corrected chi connectivity index (χ2v) is 9.51. The van der Waals surface area contributed by atoms with Crippen molar-refractivity contribution in [2.45, 2.75) is 39.7 Å². The van der Waals surface area contributed by atoms with Crippen molar-refractivity contribution in [2.75, 3.05) is 32.7 Å². The zero-order chi connectivity index (χ0) is 18.7. The van der Waals surface area contributed by atoms with Crippen molar-refractivity contribution in [1.82, 2.24) is 13.5 Å². The fourth-order valence-electron chi connectivity index (χ4n) is 3.66. The maximum Gasteiger partial charge on any atom is 0.282 e. The summed E-state index contributed by atoms with van der Waals surface area (Å²) in [7, 11) is -3.60. The number of aryl methyl sites for hydroxylation is 1. The van der Waals surface area contributed by atoms with Crippen molar-refractivity contribution < 1.29 is 13.2 Å². The van der Waals surface area contributed by atoms with Gasteiger partial charge in [0.15, 0.2) is 0 Å². The third-order valence-corrected chi connectivity index (χ3v) is 7.29. The molecule has 2 aliphatic rings. The van der Waals surface area contributed by atoms with Crippen LogP contribution >= 0.6 is 0 Å². The predicted octanol–water partition coefficient (Wildman–Crippen LogP) is 2.01. The molecule has 1 amide bonds. The molecule has 2 saturated heterocycles. The molecule has 0 saturated carbocycles. The molecule has 2 heterocycles. The van der Waals surface area contributed by atoms with E-state index in [1.165, 1.54) is 8.61 Å². The number of benzene rings is 1. The van der Waals surface area contributed by atoms with Gasteiger partial charge in [-0.25, -0.2) is 0 Å². The van der Waals surface area contributed by atoms with E-state index in [1.807, 2.05) is 36.1 Å².